The van der Waals surface area contributed by atoms with E-state index in [0.29, 0.717) is 25.0 Å². The number of hydrogen-bond acceptors (Lipinski definition) is 4. The highest BCUT2D eigenvalue weighted by Crippen LogP contribution is 2.45. The monoisotopic (exact) mass is 513 g/mol. The summed E-state index contributed by atoms with van der Waals surface area (Å²) in [5, 5.41) is 0. The summed E-state index contributed by atoms with van der Waals surface area (Å²) in [6, 6.07) is 21.3. The van der Waals surface area contributed by atoms with Gasteiger partial charge >= 0.3 is 6.09 Å². The van der Waals surface area contributed by atoms with Gasteiger partial charge in [0.25, 0.3) is 0 Å². The Morgan fingerprint density at radius 1 is 0.921 bits per heavy atom. The summed E-state index contributed by atoms with van der Waals surface area (Å²) in [7, 11) is 1.42. The van der Waals surface area contributed by atoms with Crippen molar-refractivity contribution in [1.29, 1.82) is 0 Å². The Balaban J connectivity index is 1.12. The SMILES string of the molecule is COc1ccc(CC(=O)C2CC3CCCC(C2)N3C(=O)OCC2c3ccccc3-c3ccccc32)cc1F. The van der Waals surface area contributed by atoms with Crippen molar-refractivity contribution in [3.8, 4) is 16.9 Å². The second-order valence-corrected chi connectivity index (χ2v) is 10.7. The topological polar surface area (TPSA) is 55.8 Å². The maximum atomic E-state index is 14.1. The van der Waals surface area contributed by atoms with E-state index in [2.05, 4.69) is 24.3 Å². The number of benzene rings is 3. The van der Waals surface area contributed by atoms with Gasteiger partial charge in [-0.1, -0.05) is 54.6 Å². The number of carbonyl (C=O) groups is 2. The van der Waals surface area contributed by atoms with Gasteiger partial charge in [-0.15, -0.1) is 0 Å². The molecule has 1 aliphatic carbocycles. The highest BCUT2D eigenvalue weighted by molar-refractivity contribution is 5.84. The number of fused-ring (bicyclic) bond motifs is 5. The van der Waals surface area contributed by atoms with Gasteiger partial charge in [-0.2, -0.15) is 0 Å². The Morgan fingerprint density at radius 2 is 1.55 bits per heavy atom. The molecule has 5 nitrogen and oxygen atoms in total. The first-order chi connectivity index (χ1) is 18.5. The second kappa shape index (κ2) is 10.2. The van der Waals surface area contributed by atoms with Crippen LogP contribution >= 0.6 is 0 Å². The number of carbonyl (C=O) groups excluding carboxylic acids is 2. The summed E-state index contributed by atoms with van der Waals surface area (Å²) in [4.78, 5) is 28.5. The van der Waals surface area contributed by atoms with E-state index < -0.39 is 5.82 Å². The molecule has 6 heteroatoms. The van der Waals surface area contributed by atoms with Gasteiger partial charge in [0.1, 0.15) is 12.4 Å². The smallest absolute Gasteiger partial charge is 0.410 e. The number of nitrogens with zero attached hydrogens (tertiary/aromatic N) is 1. The highest BCUT2D eigenvalue weighted by atomic mass is 19.1. The van der Waals surface area contributed by atoms with E-state index in [1.54, 1.807) is 12.1 Å². The Labute approximate surface area is 222 Å². The molecule has 2 bridgehead atoms. The van der Waals surface area contributed by atoms with Gasteiger partial charge < -0.3 is 14.4 Å². The van der Waals surface area contributed by atoms with Gasteiger partial charge in [-0.05, 0) is 72.1 Å². The number of amides is 1. The number of piperidine rings is 2. The maximum Gasteiger partial charge on any atom is 0.410 e. The van der Waals surface area contributed by atoms with Crippen LogP contribution in [0.15, 0.2) is 66.7 Å². The van der Waals surface area contributed by atoms with Crippen molar-refractivity contribution in [2.45, 2.75) is 56.5 Å². The number of hydrogen-bond donors (Lipinski definition) is 0. The Bertz CT molecular complexity index is 1310. The number of ketones is 1. The summed E-state index contributed by atoms with van der Waals surface area (Å²) in [5.74, 6) is -0.283. The van der Waals surface area contributed by atoms with E-state index in [9.17, 15) is 14.0 Å². The molecular weight excluding hydrogens is 481 g/mol. The number of ether oxygens (including phenoxy) is 2. The van der Waals surface area contributed by atoms with Crippen LogP contribution in [0.3, 0.4) is 0 Å². The molecule has 1 amide bonds. The van der Waals surface area contributed by atoms with Crippen LogP contribution in [-0.4, -0.2) is 42.6 Å². The molecule has 0 aromatic heterocycles. The zero-order valence-corrected chi connectivity index (χ0v) is 21.6. The molecule has 6 rings (SSSR count). The first kappa shape index (κ1) is 24.7. The van der Waals surface area contributed by atoms with Crippen molar-refractivity contribution in [3.63, 3.8) is 0 Å². The molecule has 2 heterocycles. The molecule has 3 aromatic carbocycles. The predicted molar refractivity (Wildman–Crippen MR) is 143 cm³/mol. The molecule has 196 valence electrons. The van der Waals surface area contributed by atoms with Crippen LogP contribution in [0.4, 0.5) is 9.18 Å². The van der Waals surface area contributed by atoms with Gasteiger partial charge in [-0.3, -0.25) is 4.79 Å². The average molecular weight is 514 g/mol. The Morgan fingerprint density at radius 3 is 2.16 bits per heavy atom. The summed E-state index contributed by atoms with van der Waals surface area (Å²) < 4.78 is 25.1. The van der Waals surface area contributed by atoms with E-state index in [1.165, 1.54) is 35.4 Å². The van der Waals surface area contributed by atoms with Crippen LogP contribution in [0, 0.1) is 11.7 Å². The van der Waals surface area contributed by atoms with E-state index in [-0.39, 0.29) is 48.0 Å². The lowest BCUT2D eigenvalue weighted by Crippen LogP contribution is -2.56. The molecule has 3 aliphatic rings. The van der Waals surface area contributed by atoms with Crippen LogP contribution in [0.2, 0.25) is 0 Å². The molecule has 0 N–H and O–H groups in total. The van der Waals surface area contributed by atoms with Crippen molar-refractivity contribution in [3.05, 3.63) is 89.2 Å². The largest absolute Gasteiger partial charge is 0.494 e. The molecule has 38 heavy (non-hydrogen) atoms. The minimum Gasteiger partial charge on any atom is -0.494 e. The van der Waals surface area contributed by atoms with Gasteiger partial charge in [0, 0.05) is 30.3 Å². The van der Waals surface area contributed by atoms with E-state index in [4.69, 9.17) is 9.47 Å². The summed E-state index contributed by atoms with van der Waals surface area (Å²) in [6.07, 6.45) is 3.99. The molecular formula is C32H32FNO4. The lowest BCUT2D eigenvalue weighted by molar-refractivity contribution is -0.126. The zero-order chi connectivity index (χ0) is 26.2. The van der Waals surface area contributed by atoms with Crippen molar-refractivity contribution in [1.82, 2.24) is 4.90 Å². The average Bonchev–Trinajstić information content (AvgIpc) is 3.24. The molecule has 2 unspecified atom stereocenters. The summed E-state index contributed by atoms with van der Waals surface area (Å²) in [5.41, 5.74) is 5.45. The normalized spacial score (nSPS) is 21.9. The highest BCUT2D eigenvalue weighted by Gasteiger charge is 2.44. The Kier molecular flexibility index (Phi) is 6.64. The Hall–Kier alpha value is -3.67. The minimum absolute atomic E-state index is 0.000274. The fraction of sp³-hybridized carbons (Fsp3) is 0.375. The molecule has 0 radical (unpaired) electrons. The van der Waals surface area contributed by atoms with E-state index >= 15 is 0 Å². The molecule has 3 aromatic rings. The number of rotatable bonds is 6. The molecule has 2 fully saturated rings. The van der Waals surface area contributed by atoms with E-state index in [0.717, 1.165) is 19.3 Å². The van der Waals surface area contributed by atoms with Gasteiger partial charge in [0.15, 0.2) is 11.6 Å². The third-order valence-electron chi connectivity index (χ3n) is 8.57. The van der Waals surface area contributed by atoms with E-state index in [1.807, 2.05) is 29.2 Å². The standard InChI is InChI=1S/C32H32FNO4/c1-37-31-14-13-20(15-29(31)33)16-30(35)21-17-22-7-6-8-23(18-21)34(22)32(36)38-19-28-26-11-4-2-9-24(26)25-10-3-5-12-27(25)28/h2-5,9-15,21-23,28H,6-8,16-19H2,1H3. The molecule has 2 atom stereocenters. The third-order valence-corrected chi connectivity index (χ3v) is 8.57. The third kappa shape index (κ3) is 4.46. The van der Waals surface area contributed by atoms with Crippen LogP contribution in [-0.2, 0) is 16.0 Å². The minimum atomic E-state index is -0.459. The molecule has 0 saturated carbocycles. The number of Topliss-reactive ketones (excluding diaryl/α,β-unsaturated/α-hetero) is 1. The van der Waals surface area contributed by atoms with Gasteiger partial charge in [-0.25, -0.2) is 9.18 Å². The first-order valence-corrected chi connectivity index (χ1v) is 13.5. The fourth-order valence-corrected chi connectivity index (χ4v) is 6.78. The maximum absolute atomic E-state index is 14.1. The molecule has 0 spiro atoms. The summed E-state index contributed by atoms with van der Waals surface area (Å²) in [6.45, 7) is 0.300. The van der Waals surface area contributed by atoms with Crippen LogP contribution in [0.5, 0.6) is 5.75 Å². The van der Waals surface area contributed by atoms with Crippen LogP contribution in [0.25, 0.3) is 11.1 Å². The van der Waals surface area contributed by atoms with Crippen LogP contribution in [0.1, 0.15) is 54.7 Å². The van der Waals surface area contributed by atoms with Crippen molar-refractivity contribution >= 4 is 11.9 Å². The zero-order valence-electron chi connectivity index (χ0n) is 21.6. The van der Waals surface area contributed by atoms with Crippen molar-refractivity contribution in [2.75, 3.05) is 13.7 Å². The predicted octanol–water partition coefficient (Wildman–Crippen LogP) is 6.53. The van der Waals surface area contributed by atoms with Crippen molar-refractivity contribution in [2.24, 2.45) is 5.92 Å². The van der Waals surface area contributed by atoms with Crippen molar-refractivity contribution < 1.29 is 23.5 Å². The van der Waals surface area contributed by atoms with Gasteiger partial charge in [0.2, 0.25) is 0 Å². The second-order valence-electron chi connectivity index (χ2n) is 10.7. The first-order valence-electron chi connectivity index (χ1n) is 13.5. The van der Waals surface area contributed by atoms with Crippen LogP contribution < -0.4 is 4.74 Å². The number of halogens is 1. The summed E-state index contributed by atoms with van der Waals surface area (Å²) >= 11 is 0. The fourth-order valence-electron chi connectivity index (χ4n) is 6.78. The molecule has 2 aliphatic heterocycles. The molecule has 2 saturated heterocycles. The van der Waals surface area contributed by atoms with Gasteiger partial charge in [0.05, 0.1) is 7.11 Å². The lowest BCUT2D eigenvalue weighted by Gasteiger charge is -2.47. The number of methoxy groups -OCH3 is 1. The lowest BCUT2D eigenvalue weighted by atomic mass is 9.76. The quantitative estimate of drug-likeness (QED) is 0.376.